The van der Waals surface area contributed by atoms with Crippen LogP contribution in [-0.4, -0.2) is 58.2 Å². The number of carbonyl (C=O) groups excluding carboxylic acids is 2. The smallest absolute Gasteiger partial charge is 0.262 e. The second-order valence-electron chi connectivity index (χ2n) is 18.8. The van der Waals surface area contributed by atoms with Gasteiger partial charge in [0.15, 0.2) is 0 Å². The summed E-state index contributed by atoms with van der Waals surface area (Å²) in [6.45, 7) is 1.96. The van der Waals surface area contributed by atoms with Gasteiger partial charge in [-0.1, -0.05) is 152 Å². The van der Waals surface area contributed by atoms with Crippen molar-refractivity contribution >= 4 is 55.4 Å². The van der Waals surface area contributed by atoms with E-state index in [2.05, 4.69) is 33.8 Å². The first-order valence-electron chi connectivity index (χ1n) is 24.8. The number of amides is 2. The Morgan fingerprint density at radius 1 is 0.548 bits per heavy atom. The van der Waals surface area contributed by atoms with Crippen LogP contribution in [0.5, 0.6) is 11.5 Å². The second kappa shape index (κ2) is 20.2. The molecule has 0 unspecified atom stereocenters. The van der Waals surface area contributed by atoms with Gasteiger partial charge >= 0.3 is 0 Å². The number of nitrogens with one attached hydrogen (secondary N) is 1. The molecule has 1 saturated heterocycles. The molecule has 8 aromatic carbocycles. The zero-order valence-electron chi connectivity index (χ0n) is 40.3. The molecule has 73 heavy (non-hydrogen) atoms. The van der Waals surface area contributed by atoms with Gasteiger partial charge in [-0.15, -0.1) is 0 Å². The van der Waals surface area contributed by atoms with Crippen molar-refractivity contribution in [2.75, 3.05) is 13.7 Å². The van der Waals surface area contributed by atoms with Crippen LogP contribution in [0.4, 0.5) is 0 Å². The van der Waals surface area contributed by atoms with Crippen molar-refractivity contribution in [3.8, 4) is 11.5 Å². The van der Waals surface area contributed by atoms with Gasteiger partial charge in [0.25, 0.3) is 11.8 Å². The van der Waals surface area contributed by atoms with Crippen LogP contribution in [0, 0.1) is 0 Å². The first-order chi connectivity index (χ1) is 35.9. The molecule has 2 aliphatic rings. The molecule has 12 rings (SSSR count). The summed E-state index contributed by atoms with van der Waals surface area (Å²) in [7, 11) is 1.55. The van der Waals surface area contributed by atoms with Gasteiger partial charge in [0.05, 0.1) is 65.7 Å². The Kier molecular flexibility index (Phi) is 12.7. The van der Waals surface area contributed by atoms with Gasteiger partial charge < -0.3 is 38.0 Å². The molecule has 1 N–H and O–H groups in total. The molecule has 0 spiro atoms. The number of ether oxygens (including phenoxy) is 6. The number of imide groups is 1. The maximum atomic E-state index is 14.7. The number of aromatic amines is 1. The summed E-state index contributed by atoms with van der Waals surface area (Å²) < 4.78 is 43.0. The minimum atomic E-state index is -0.700. The molecule has 11 heteroatoms. The maximum Gasteiger partial charge on any atom is 0.262 e. The van der Waals surface area contributed by atoms with Crippen molar-refractivity contribution < 1.29 is 38.0 Å². The van der Waals surface area contributed by atoms with E-state index in [9.17, 15) is 9.59 Å². The van der Waals surface area contributed by atoms with Crippen molar-refractivity contribution in [2.24, 2.45) is 0 Å². The molecule has 1 fully saturated rings. The summed E-state index contributed by atoms with van der Waals surface area (Å²) in [5.41, 5.74) is 8.76. The first kappa shape index (κ1) is 46.0. The molecule has 0 saturated carbocycles. The monoisotopic (exact) mass is 967 g/mol. The number of fused-ring (bicyclic) bond motifs is 10. The van der Waals surface area contributed by atoms with E-state index in [1.165, 1.54) is 4.90 Å². The quantitative estimate of drug-likeness (QED) is 0.0898. The van der Waals surface area contributed by atoms with E-state index in [1.807, 2.05) is 164 Å². The number of H-pyrrole nitrogens is 1. The highest BCUT2D eigenvalue weighted by Crippen LogP contribution is 2.48. The molecular weight excluding hydrogens is 915 g/mol. The predicted octanol–water partition coefficient (Wildman–Crippen LogP) is 12.5. The normalized spacial score (nSPS) is 17.8. The Hall–Kier alpha value is -8.06. The van der Waals surface area contributed by atoms with Crippen LogP contribution in [0.15, 0.2) is 188 Å². The van der Waals surface area contributed by atoms with Crippen LogP contribution in [-0.2, 0) is 52.0 Å². The first-order valence-corrected chi connectivity index (χ1v) is 24.8. The number of aromatic nitrogens is 2. The van der Waals surface area contributed by atoms with Crippen molar-refractivity contribution in [2.45, 2.75) is 64.0 Å². The average molecular weight is 968 g/mol. The summed E-state index contributed by atoms with van der Waals surface area (Å²) >= 11 is 0. The van der Waals surface area contributed by atoms with Gasteiger partial charge in [0.2, 0.25) is 0 Å². The van der Waals surface area contributed by atoms with Gasteiger partial charge in [-0.2, -0.15) is 0 Å². The maximum absolute atomic E-state index is 14.7. The Morgan fingerprint density at radius 3 is 1.62 bits per heavy atom. The lowest BCUT2D eigenvalue weighted by atomic mass is 9.96. The Bertz CT molecular complexity index is 3580. The minimum absolute atomic E-state index is 0.194. The number of nitrogens with zero attached hydrogens (tertiary/aromatic N) is 2. The summed E-state index contributed by atoms with van der Waals surface area (Å²) in [6.07, 6.45) is -2.01. The lowest BCUT2D eigenvalue weighted by Crippen LogP contribution is -2.51. The topological polar surface area (TPSA) is 113 Å². The van der Waals surface area contributed by atoms with E-state index < -0.39 is 24.5 Å². The Morgan fingerprint density at radius 2 is 1.04 bits per heavy atom. The van der Waals surface area contributed by atoms with Crippen molar-refractivity contribution in [3.05, 3.63) is 227 Å². The molecule has 364 valence electrons. The largest absolute Gasteiger partial charge is 0.489 e. The van der Waals surface area contributed by atoms with E-state index in [-0.39, 0.29) is 18.4 Å². The van der Waals surface area contributed by atoms with Gasteiger partial charge in [0, 0.05) is 47.1 Å². The van der Waals surface area contributed by atoms with Crippen LogP contribution >= 0.6 is 0 Å². The zero-order chi connectivity index (χ0) is 49.3. The molecule has 10 aromatic rings. The van der Waals surface area contributed by atoms with Crippen molar-refractivity contribution in [3.63, 3.8) is 0 Å². The highest BCUT2D eigenvalue weighted by Gasteiger charge is 2.45. The molecule has 0 radical (unpaired) electrons. The lowest BCUT2D eigenvalue weighted by molar-refractivity contribution is -0.235. The van der Waals surface area contributed by atoms with E-state index in [4.69, 9.17) is 28.4 Å². The van der Waals surface area contributed by atoms with E-state index in [0.29, 0.717) is 83.9 Å². The summed E-state index contributed by atoms with van der Waals surface area (Å²) in [6, 6.07) is 62.2. The fourth-order valence-electron chi connectivity index (χ4n) is 10.5. The zero-order valence-corrected chi connectivity index (χ0v) is 40.3. The van der Waals surface area contributed by atoms with E-state index in [1.54, 1.807) is 7.05 Å². The third-order valence-electron chi connectivity index (χ3n) is 14.0. The molecule has 2 aliphatic heterocycles. The highest BCUT2D eigenvalue weighted by molar-refractivity contribution is 6.39. The van der Waals surface area contributed by atoms with Gasteiger partial charge in [0.1, 0.15) is 43.1 Å². The third kappa shape index (κ3) is 9.13. The van der Waals surface area contributed by atoms with E-state index in [0.717, 1.165) is 49.6 Å². The van der Waals surface area contributed by atoms with Crippen LogP contribution in [0.1, 0.15) is 61.2 Å². The Balaban J connectivity index is 1.04. The van der Waals surface area contributed by atoms with Crippen LogP contribution < -0.4 is 9.47 Å². The van der Waals surface area contributed by atoms with Crippen LogP contribution in [0.2, 0.25) is 0 Å². The number of hydrogen-bond acceptors (Lipinski definition) is 8. The molecule has 4 atom stereocenters. The molecule has 2 aromatic heterocycles. The fraction of sp³-hybridized carbons (Fsp3) is 0.194. The number of rotatable bonds is 17. The van der Waals surface area contributed by atoms with Crippen molar-refractivity contribution in [1.82, 2.24) is 14.5 Å². The third-order valence-corrected chi connectivity index (χ3v) is 14.0. The van der Waals surface area contributed by atoms with Crippen LogP contribution in [0.25, 0.3) is 43.6 Å². The highest BCUT2D eigenvalue weighted by atomic mass is 16.6. The number of carbonyl (C=O) groups is 2. The molecule has 0 aliphatic carbocycles. The number of benzene rings is 8. The molecular formula is C62H53N3O8. The average Bonchev–Trinajstić information content (AvgIpc) is 4.06. The SMILES string of the molecule is CN1C(=O)c2c(c3c4ccc(OCc5ccccc5)cc4n([C@H]4C[C@@H](OCc5ccccc5)[C@H](OCc5ccccc5)[C@@H](COCc5ccccc5)O4)c3c3[nH]c4cc(OCc5ccccc5)ccc4c23)C1=O. The predicted molar refractivity (Wildman–Crippen MR) is 281 cm³/mol. The van der Waals surface area contributed by atoms with Crippen LogP contribution in [0.3, 0.4) is 0 Å². The standard InChI is InChI=1S/C62H53N3O8/c1-64-61(66)56-54-47-29-27-45(69-35-41-19-9-3-10-20-41)31-49(47)63-58(54)59-55(57(56)62(64)67)48-30-28-46(70-36-42-21-11-4-12-22-42)32-50(48)65(59)53-33-51(71-37-43-23-13-5-14-24-43)60(72-38-44-25-15-6-16-26-44)52(73-53)39-68-34-40-17-7-2-8-18-40/h2-32,51-53,60,63H,33-39H2,1H3/t51-,52-,53-,60+/m1/s1. The second-order valence-corrected chi connectivity index (χ2v) is 18.8. The van der Waals surface area contributed by atoms with Gasteiger partial charge in [-0.05, 0) is 52.1 Å². The molecule has 2 amide bonds. The van der Waals surface area contributed by atoms with Gasteiger partial charge in [-0.3, -0.25) is 14.5 Å². The minimum Gasteiger partial charge on any atom is -0.489 e. The molecule has 11 nitrogen and oxygen atoms in total. The van der Waals surface area contributed by atoms with E-state index >= 15 is 0 Å². The lowest BCUT2D eigenvalue weighted by Gasteiger charge is -2.42. The summed E-state index contributed by atoms with van der Waals surface area (Å²) in [4.78, 5) is 34.2. The summed E-state index contributed by atoms with van der Waals surface area (Å²) in [5, 5.41) is 2.85. The number of hydrogen-bond donors (Lipinski definition) is 1. The fourth-order valence-corrected chi connectivity index (χ4v) is 10.5. The van der Waals surface area contributed by atoms with Crippen molar-refractivity contribution in [1.29, 1.82) is 0 Å². The van der Waals surface area contributed by atoms with Gasteiger partial charge in [-0.25, -0.2) is 0 Å². The molecule has 4 heterocycles. The molecule has 0 bridgehead atoms. The Labute approximate surface area is 422 Å². The summed E-state index contributed by atoms with van der Waals surface area (Å²) in [5.74, 6) is 0.551.